The van der Waals surface area contributed by atoms with Gasteiger partial charge in [-0.2, -0.15) is 0 Å². The van der Waals surface area contributed by atoms with Crippen LogP contribution in [0.4, 0.5) is 0 Å². The van der Waals surface area contributed by atoms with E-state index in [0.29, 0.717) is 10.4 Å². The maximum Gasteiger partial charge on any atom is 0.320 e. The molecular formula is C6H8BrN3O2. The van der Waals surface area contributed by atoms with Crippen molar-refractivity contribution in [1.29, 1.82) is 0 Å². The molecular weight excluding hydrogens is 226 g/mol. The second-order valence-corrected chi connectivity index (χ2v) is 3.08. The molecule has 0 fully saturated rings. The number of nitrogens with zero attached hydrogens (tertiary/aromatic N) is 1. The Labute approximate surface area is 77.1 Å². The van der Waals surface area contributed by atoms with Crippen LogP contribution < -0.4 is 5.73 Å². The first-order chi connectivity index (χ1) is 5.59. The van der Waals surface area contributed by atoms with Gasteiger partial charge < -0.3 is 15.8 Å². The lowest BCUT2D eigenvalue weighted by Gasteiger charge is -2.01. The number of carbonyl (C=O) groups is 1. The molecule has 66 valence electrons. The number of nitrogens with two attached hydrogens (primary N) is 1. The first-order valence-corrected chi connectivity index (χ1v) is 4.07. The second-order valence-electron chi connectivity index (χ2n) is 2.33. The van der Waals surface area contributed by atoms with Crippen molar-refractivity contribution in [1.82, 2.24) is 9.97 Å². The Balaban J connectivity index is 2.58. The zero-order chi connectivity index (χ0) is 9.14. The highest BCUT2D eigenvalue weighted by Gasteiger charge is 2.13. The molecule has 0 aliphatic rings. The molecule has 12 heavy (non-hydrogen) atoms. The van der Waals surface area contributed by atoms with E-state index in [0.717, 1.165) is 0 Å². The van der Waals surface area contributed by atoms with Crippen LogP contribution in [0.2, 0.25) is 0 Å². The number of aliphatic carboxylic acids is 1. The van der Waals surface area contributed by atoms with E-state index < -0.39 is 12.0 Å². The summed E-state index contributed by atoms with van der Waals surface area (Å²) >= 11 is 3.10. The number of hydrogen-bond acceptors (Lipinski definition) is 3. The van der Waals surface area contributed by atoms with Gasteiger partial charge in [-0.05, 0) is 15.9 Å². The summed E-state index contributed by atoms with van der Waals surface area (Å²) in [4.78, 5) is 17.1. The van der Waals surface area contributed by atoms with Crippen LogP contribution >= 0.6 is 15.9 Å². The van der Waals surface area contributed by atoms with E-state index in [1.54, 1.807) is 6.20 Å². The summed E-state index contributed by atoms with van der Waals surface area (Å²) < 4.78 is 0.579. The minimum absolute atomic E-state index is 0.234. The van der Waals surface area contributed by atoms with Gasteiger partial charge in [0.05, 0.1) is 5.69 Å². The molecule has 0 bridgehead atoms. The molecule has 1 unspecified atom stereocenters. The molecule has 1 atom stereocenters. The van der Waals surface area contributed by atoms with Crippen molar-refractivity contribution < 1.29 is 9.90 Å². The number of carboxylic acid groups (broad SMARTS) is 1. The predicted octanol–water partition coefficient (Wildman–Crippen LogP) is 0.127. The summed E-state index contributed by atoms with van der Waals surface area (Å²) in [5.74, 6) is -1.02. The fourth-order valence-corrected chi connectivity index (χ4v) is 1.09. The highest BCUT2D eigenvalue weighted by Crippen LogP contribution is 2.05. The number of rotatable bonds is 3. The van der Waals surface area contributed by atoms with Crippen LogP contribution in [-0.2, 0) is 11.2 Å². The molecule has 1 heterocycles. The monoisotopic (exact) mass is 233 g/mol. The van der Waals surface area contributed by atoms with Gasteiger partial charge in [0, 0.05) is 12.6 Å². The lowest BCUT2D eigenvalue weighted by molar-refractivity contribution is -0.138. The summed E-state index contributed by atoms with van der Waals surface area (Å²) in [6, 6.07) is -0.889. The molecule has 0 aliphatic carbocycles. The van der Waals surface area contributed by atoms with Gasteiger partial charge in [0.15, 0.2) is 4.73 Å². The third-order valence-corrected chi connectivity index (χ3v) is 1.75. The van der Waals surface area contributed by atoms with Crippen LogP contribution in [0.5, 0.6) is 0 Å². The standard InChI is InChI=1S/C6H8BrN3O2/c7-6-9-2-3(10-6)1-4(8)5(11)12/h2,4H,1,8H2,(H,9,10)(H,11,12). The van der Waals surface area contributed by atoms with E-state index in [4.69, 9.17) is 10.8 Å². The first kappa shape index (κ1) is 9.21. The van der Waals surface area contributed by atoms with Gasteiger partial charge in [-0.25, -0.2) is 4.98 Å². The average molecular weight is 234 g/mol. The maximum atomic E-state index is 10.3. The van der Waals surface area contributed by atoms with Gasteiger partial charge in [0.1, 0.15) is 6.04 Å². The van der Waals surface area contributed by atoms with Gasteiger partial charge in [-0.15, -0.1) is 0 Å². The molecule has 1 aromatic rings. The predicted molar refractivity (Wildman–Crippen MR) is 45.6 cm³/mol. The number of aromatic nitrogens is 2. The van der Waals surface area contributed by atoms with E-state index >= 15 is 0 Å². The molecule has 6 heteroatoms. The van der Waals surface area contributed by atoms with Crippen molar-refractivity contribution in [3.05, 3.63) is 16.6 Å². The fraction of sp³-hybridized carbons (Fsp3) is 0.333. The van der Waals surface area contributed by atoms with E-state index in [-0.39, 0.29) is 6.42 Å². The normalized spacial score (nSPS) is 12.8. The molecule has 0 saturated heterocycles. The molecule has 0 radical (unpaired) electrons. The van der Waals surface area contributed by atoms with Crippen molar-refractivity contribution in [3.8, 4) is 0 Å². The average Bonchev–Trinajstić information content (AvgIpc) is 2.35. The van der Waals surface area contributed by atoms with Crippen molar-refractivity contribution in [2.24, 2.45) is 5.73 Å². The van der Waals surface area contributed by atoms with Crippen molar-refractivity contribution in [2.45, 2.75) is 12.5 Å². The Morgan fingerprint density at radius 3 is 3.00 bits per heavy atom. The Kier molecular flexibility index (Phi) is 2.83. The molecule has 0 amide bonds. The first-order valence-electron chi connectivity index (χ1n) is 3.28. The van der Waals surface area contributed by atoms with Gasteiger partial charge >= 0.3 is 5.97 Å². The summed E-state index contributed by atoms with van der Waals surface area (Å²) in [7, 11) is 0. The Morgan fingerprint density at radius 2 is 2.58 bits per heavy atom. The zero-order valence-corrected chi connectivity index (χ0v) is 7.71. The van der Waals surface area contributed by atoms with Crippen LogP contribution in [-0.4, -0.2) is 27.1 Å². The topological polar surface area (TPSA) is 92.0 Å². The highest BCUT2D eigenvalue weighted by molar-refractivity contribution is 9.10. The maximum absolute atomic E-state index is 10.3. The van der Waals surface area contributed by atoms with E-state index in [9.17, 15) is 4.79 Å². The van der Waals surface area contributed by atoms with Crippen molar-refractivity contribution in [3.63, 3.8) is 0 Å². The third-order valence-electron chi connectivity index (χ3n) is 1.35. The SMILES string of the molecule is NC(Cc1c[nH]c(Br)n1)C(=O)O. The number of halogens is 1. The molecule has 1 rings (SSSR count). The molecule has 0 aromatic carbocycles. The number of carboxylic acids is 1. The number of aromatic amines is 1. The molecule has 4 N–H and O–H groups in total. The fourth-order valence-electron chi connectivity index (χ4n) is 0.751. The smallest absolute Gasteiger partial charge is 0.320 e. The number of H-pyrrole nitrogens is 1. The highest BCUT2D eigenvalue weighted by atomic mass is 79.9. The lowest BCUT2D eigenvalue weighted by atomic mass is 10.2. The number of hydrogen-bond donors (Lipinski definition) is 3. The molecule has 0 aliphatic heterocycles. The third kappa shape index (κ3) is 2.31. The number of nitrogens with one attached hydrogen (secondary N) is 1. The Bertz CT molecular complexity index is 286. The van der Waals surface area contributed by atoms with Crippen molar-refractivity contribution in [2.75, 3.05) is 0 Å². The number of imidazole rings is 1. The van der Waals surface area contributed by atoms with E-state index in [1.807, 2.05) is 0 Å². The quantitative estimate of drug-likeness (QED) is 0.692. The van der Waals surface area contributed by atoms with Crippen LogP contribution in [0.15, 0.2) is 10.9 Å². The van der Waals surface area contributed by atoms with Gasteiger partial charge in [-0.3, -0.25) is 4.79 Å². The Morgan fingerprint density at radius 1 is 1.92 bits per heavy atom. The molecule has 1 aromatic heterocycles. The van der Waals surface area contributed by atoms with Crippen LogP contribution in [0.25, 0.3) is 0 Å². The van der Waals surface area contributed by atoms with Gasteiger partial charge in [-0.1, -0.05) is 0 Å². The van der Waals surface area contributed by atoms with Crippen molar-refractivity contribution >= 4 is 21.9 Å². The zero-order valence-electron chi connectivity index (χ0n) is 6.12. The van der Waals surface area contributed by atoms with E-state index in [2.05, 4.69) is 25.9 Å². The van der Waals surface area contributed by atoms with Crippen LogP contribution in [0, 0.1) is 0 Å². The lowest BCUT2D eigenvalue weighted by Crippen LogP contribution is -2.32. The molecule has 0 saturated carbocycles. The van der Waals surface area contributed by atoms with Crippen LogP contribution in [0.3, 0.4) is 0 Å². The second kappa shape index (κ2) is 3.68. The summed E-state index contributed by atoms with van der Waals surface area (Å²) in [5.41, 5.74) is 5.92. The van der Waals surface area contributed by atoms with Crippen LogP contribution in [0.1, 0.15) is 5.69 Å². The van der Waals surface area contributed by atoms with E-state index in [1.165, 1.54) is 0 Å². The molecule has 5 nitrogen and oxygen atoms in total. The Hall–Kier alpha value is -0.880. The summed E-state index contributed by atoms with van der Waals surface area (Å²) in [5, 5.41) is 8.48. The summed E-state index contributed by atoms with van der Waals surface area (Å²) in [6.07, 6.45) is 1.85. The van der Waals surface area contributed by atoms with Gasteiger partial charge in [0.2, 0.25) is 0 Å². The summed E-state index contributed by atoms with van der Waals surface area (Å²) in [6.45, 7) is 0. The largest absolute Gasteiger partial charge is 0.480 e. The molecule has 0 spiro atoms. The minimum atomic E-state index is -1.02. The minimum Gasteiger partial charge on any atom is -0.480 e. The van der Waals surface area contributed by atoms with Gasteiger partial charge in [0.25, 0.3) is 0 Å².